The lowest BCUT2D eigenvalue weighted by atomic mass is 10.2. The Morgan fingerprint density at radius 3 is 2.30 bits per heavy atom. The van der Waals surface area contributed by atoms with E-state index in [9.17, 15) is 22.4 Å². The lowest BCUT2D eigenvalue weighted by Gasteiger charge is -2.33. The highest BCUT2D eigenvalue weighted by molar-refractivity contribution is 7.89. The monoisotopic (exact) mass is 396 g/mol. The molecule has 27 heavy (non-hydrogen) atoms. The van der Waals surface area contributed by atoms with Gasteiger partial charge in [-0.25, -0.2) is 17.6 Å². The molecule has 0 aliphatic carbocycles. The molecule has 1 saturated heterocycles. The Morgan fingerprint density at radius 1 is 1.04 bits per heavy atom. The van der Waals surface area contributed by atoms with E-state index in [-0.39, 0.29) is 18.9 Å². The standard InChI is InChI=1S/C17H21FN4O4S/c1-19-12-15(16(23)20(2)17(19)24)27(25,26)22-9-7-21(8-10-22)11-13-5-3-4-6-14(13)18/h3-6,12H,7-11H2,1-2H3. The van der Waals surface area contributed by atoms with Gasteiger partial charge in [0.25, 0.3) is 5.56 Å². The molecule has 0 radical (unpaired) electrons. The fraction of sp³-hybridized carbons (Fsp3) is 0.412. The first-order chi connectivity index (χ1) is 12.7. The normalized spacial score (nSPS) is 16.6. The van der Waals surface area contributed by atoms with E-state index in [0.717, 1.165) is 15.3 Å². The van der Waals surface area contributed by atoms with Gasteiger partial charge in [-0.15, -0.1) is 0 Å². The van der Waals surface area contributed by atoms with Crippen LogP contribution in [0.3, 0.4) is 0 Å². The van der Waals surface area contributed by atoms with Crippen LogP contribution in [0.2, 0.25) is 0 Å². The summed E-state index contributed by atoms with van der Waals surface area (Å²) in [5.74, 6) is -0.291. The average Bonchev–Trinajstić information content (AvgIpc) is 2.65. The van der Waals surface area contributed by atoms with E-state index >= 15 is 0 Å². The highest BCUT2D eigenvalue weighted by Crippen LogP contribution is 2.16. The molecule has 1 aliphatic rings. The number of aryl methyl sites for hydroxylation is 1. The van der Waals surface area contributed by atoms with Crippen LogP contribution in [0, 0.1) is 5.82 Å². The topological polar surface area (TPSA) is 84.6 Å². The molecule has 0 saturated carbocycles. The summed E-state index contributed by atoms with van der Waals surface area (Å²) < 4.78 is 42.6. The van der Waals surface area contributed by atoms with Crippen LogP contribution in [0.25, 0.3) is 0 Å². The van der Waals surface area contributed by atoms with Gasteiger partial charge in [0.2, 0.25) is 10.0 Å². The number of sulfonamides is 1. The molecule has 0 amide bonds. The fourth-order valence-electron chi connectivity index (χ4n) is 3.09. The van der Waals surface area contributed by atoms with Crippen molar-refractivity contribution < 1.29 is 12.8 Å². The van der Waals surface area contributed by atoms with Gasteiger partial charge in [-0.1, -0.05) is 18.2 Å². The van der Waals surface area contributed by atoms with Crippen molar-refractivity contribution in [3.63, 3.8) is 0 Å². The number of hydrogen-bond donors (Lipinski definition) is 0. The molecular weight excluding hydrogens is 375 g/mol. The summed E-state index contributed by atoms with van der Waals surface area (Å²) in [6.45, 7) is 1.59. The molecule has 146 valence electrons. The van der Waals surface area contributed by atoms with Crippen molar-refractivity contribution in [3.8, 4) is 0 Å². The predicted octanol–water partition coefficient (Wildman–Crippen LogP) is -0.270. The van der Waals surface area contributed by atoms with Gasteiger partial charge < -0.3 is 4.57 Å². The molecule has 0 bridgehead atoms. The zero-order valence-corrected chi connectivity index (χ0v) is 15.9. The largest absolute Gasteiger partial charge is 0.330 e. The molecule has 0 unspecified atom stereocenters. The summed E-state index contributed by atoms with van der Waals surface area (Å²) in [6, 6.07) is 6.48. The van der Waals surface area contributed by atoms with Crippen molar-refractivity contribution in [2.45, 2.75) is 11.4 Å². The van der Waals surface area contributed by atoms with Gasteiger partial charge in [0, 0.05) is 58.6 Å². The zero-order chi connectivity index (χ0) is 19.8. The van der Waals surface area contributed by atoms with Gasteiger partial charge in [-0.3, -0.25) is 14.3 Å². The molecule has 0 N–H and O–H groups in total. The van der Waals surface area contributed by atoms with Crippen LogP contribution in [-0.2, 0) is 30.7 Å². The summed E-state index contributed by atoms with van der Waals surface area (Å²) in [7, 11) is -1.38. The van der Waals surface area contributed by atoms with Gasteiger partial charge >= 0.3 is 5.69 Å². The lowest BCUT2D eigenvalue weighted by Crippen LogP contribution is -2.50. The summed E-state index contributed by atoms with van der Waals surface area (Å²) in [5.41, 5.74) is -0.874. The Balaban J connectivity index is 1.77. The molecule has 1 aliphatic heterocycles. The number of rotatable bonds is 4. The maximum absolute atomic E-state index is 13.8. The van der Waals surface area contributed by atoms with Crippen LogP contribution in [0.4, 0.5) is 4.39 Å². The Labute approximate surface area is 156 Å². The zero-order valence-electron chi connectivity index (χ0n) is 15.1. The van der Waals surface area contributed by atoms with Gasteiger partial charge in [0.15, 0.2) is 4.90 Å². The third-order valence-electron chi connectivity index (χ3n) is 4.72. The quantitative estimate of drug-likeness (QED) is 0.710. The Kier molecular flexibility index (Phi) is 5.31. The van der Waals surface area contributed by atoms with E-state index in [1.807, 2.05) is 4.90 Å². The Bertz CT molecular complexity index is 1070. The molecule has 2 aromatic rings. The van der Waals surface area contributed by atoms with E-state index < -0.39 is 26.2 Å². The molecule has 3 rings (SSSR count). The van der Waals surface area contributed by atoms with Crippen LogP contribution in [-0.4, -0.2) is 52.9 Å². The van der Waals surface area contributed by atoms with Crippen molar-refractivity contribution >= 4 is 10.0 Å². The molecule has 1 aromatic carbocycles. The molecule has 1 aromatic heterocycles. The number of piperazine rings is 1. The van der Waals surface area contributed by atoms with Crippen molar-refractivity contribution in [1.82, 2.24) is 18.3 Å². The third-order valence-corrected chi connectivity index (χ3v) is 6.60. The highest BCUT2D eigenvalue weighted by atomic mass is 32.2. The van der Waals surface area contributed by atoms with Crippen LogP contribution in [0.15, 0.2) is 44.9 Å². The average molecular weight is 396 g/mol. The molecular formula is C17H21FN4O4S. The minimum atomic E-state index is -4.02. The van der Waals surface area contributed by atoms with E-state index in [2.05, 4.69) is 0 Å². The second kappa shape index (κ2) is 7.37. The maximum Gasteiger partial charge on any atom is 0.330 e. The second-order valence-electron chi connectivity index (χ2n) is 6.52. The predicted molar refractivity (Wildman–Crippen MR) is 97.4 cm³/mol. The van der Waals surface area contributed by atoms with E-state index in [1.54, 1.807) is 18.2 Å². The van der Waals surface area contributed by atoms with Crippen molar-refractivity contribution in [2.24, 2.45) is 14.1 Å². The molecule has 1 fully saturated rings. The molecule has 0 atom stereocenters. The number of nitrogens with zero attached hydrogens (tertiary/aromatic N) is 4. The smallest absolute Gasteiger partial charge is 0.302 e. The Morgan fingerprint density at radius 2 is 1.67 bits per heavy atom. The summed E-state index contributed by atoms with van der Waals surface area (Å²) in [4.78, 5) is 25.6. The van der Waals surface area contributed by atoms with Crippen LogP contribution in [0.5, 0.6) is 0 Å². The number of aromatic nitrogens is 2. The van der Waals surface area contributed by atoms with Gasteiger partial charge in [-0.05, 0) is 6.07 Å². The van der Waals surface area contributed by atoms with Gasteiger partial charge in [-0.2, -0.15) is 4.31 Å². The Hall–Kier alpha value is -2.30. The van der Waals surface area contributed by atoms with Crippen LogP contribution >= 0.6 is 0 Å². The first-order valence-corrected chi connectivity index (χ1v) is 9.88. The fourth-order valence-corrected chi connectivity index (χ4v) is 4.66. The highest BCUT2D eigenvalue weighted by Gasteiger charge is 2.31. The first kappa shape index (κ1) is 19.5. The third kappa shape index (κ3) is 3.73. The summed E-state index contributed by atoms with van der Waals surface area (Å²) in [6.07, 6.45) is 1.06. The van der Waals surface area contributed by atoms with E-state index in [0.29, 0.717) is 25.2 Å². The minimum Gasteiger partial charge on any atom is -0.302 e. The molecule has 0 spiro atoms. The van der Waals surface area contributed by atoms with Crippen molar-refractivity contribution in [1.29, 1.82) is 0 Å². The van der Waals surface area contributed by atoms with Gasteiger partial charge in [0.1, 0.15) is 5.82 Å². The van der Waals surface area contributed by atoms with E-state index in [4.69, 9.17) is 0 Å². The van der Waals surface area contributed by atoms with Crippen LogP contribution in [0.1, 0.15) is 5.56 Å². The van der Waals surface area contributed by atoms with Crippen molar-refractivity contribution in [2.75, 3.05) is 26.2 Å². The van der Waals surface area contributed by atoms with E-state index in [1.165, 1.54) is 24.5 Å². The first-order valence-electron chi connectivity index (χ1n) is 8.44. The minimum absolute atomic E-state index is 0.183. The summed E-state index contributed by atoms with van der Waals surface area (Å²) >= 11 is 0. The number of hydrogen-bond acceptors (Lipinski definition) is 5. The van der Waals surface area contributed by atoms with Crippen LogP contribution < -0.4 is 11.2 Å². The second-order valence-corrected chi connectivity index (χ2v) is 8.43. The number of halogens is 1. The SMILES string of the molecule is Cn1cc(S(=O)(=O)N2CCN(Cc3ccccc3F)CC2)c(=O)n(C)c1=O. The van der Waals surface area contributed by atoms with Crippen molar-refractivity contribution in [3.05, 3.63) is 62.7 Å². The molecule has 2 heterocycles. The molecule has 8 nitrogen and oxygen atoms in total. The molecule has 10 heteroatoms. The maximum atomic E-state index is 13.8. The number of benzene rings is 1. The lowest BCUT2D eigenvalue weighted by molar-refractivity contribution is 0.179. The van der Waals surface area contributed by atoms with Gasteiger partial charge in [0.05, 0.1) is 0 Å². The summed E-state index contributed by atoms with van der Waals surface area (Å²) in [5, 5.41) is 0.